The number of carbonyl (C=O) groups is 2. The molecule has 0 unspecified atom stereocenters. The highest BCUT2D eigenvalue weighted by atomic mass is 79.9. The van der Waals surface area contributed by atoms with Gasteiger partial charge in [0, 0.05) is 11.1 Å². The fourth-order valence-electron chi connectivity index (χ4n) is 2.16. The zero-order valence-electron chi connectivity index (χ0n) is 13.0. The average molecular weight is 409 g/mol. The third-order valence-corrected chi connectivity index (χ3v) is 4.04. The van der Waals surface area contributed by atoms with Crippen molar-refractivity contribution < 1.29 is 28.9 Å². The molecule has 0 radical (unpaired) electrons. The number of ether oxygens (including phenoxy) is 3. The molecule has 0 aromatic heterocycles. The van der Waals surface area contributed by atoms with Gasteiger partial charge in [-0.3, -0.25) is 20.4 Å². The van der Waals surface area contributed by atoms with Crippen LogP contribution in [0.1, 0.15) is 20.7 Å². The summed E-state index contributed by atoms with van der Waals surface area (Å²) in [5.41, 5.74) is 5.09. The van der Waals surface area contributed by atoms with Crippen LogP contribution >= 0.6 is 15.9 Å². The summed E-state index contributed by atoms with van der Waals surface area (Å²) in [6.07, 6.45) is 0. The molecule has 2 aromatic carbocycles. The Labute approximate surface area is 150 Å². The standard InChI is InChI=1S/C16H13BrN2O6/c1-23-13-6-9(4-10(17)14(13)20)16(22)19-18-15(21)8-2-3-11-12(5-8)25-7-24-11/h2-6,20H,7H2,1H3,(H,18,21)(H,19,22). The second kappa shape index (κ2) is 6.89. The molecule has 0 atom stereocenters. The molecule has 1 heterocycles. The molecule has 2 amide bonds. The molecule has 3 N–H and O–H groups in total. The molecule has 0 aliphatic carbocycles. The first-order valence-electron chi connectivity index (χ1n) is 7.06. The molecule has 8 nitrogen and oxygen atoms in total. The molecule has 1 aliphatic heterocycles. The highest BCUT2D eigenvalue weighted by Gasteiger charge is 2.18. The lowest BCUT2D eigenvalue weighted by atomic mass is 10.2. The van der Waals surface area contributed by atoms with E-state index in [1.165, 1.54) is 25.3 Å². The van der Waals surface area contributed by atoms with Crippen molar-refractivity contribution in [2.75, 3.05) is 13.9 Å². The van der Waals surface area contributed by atoms with Crippen LogP contribution in [0.15, 0.2) is 34.8 Å². The molecule has 130 valence electrons. The Bertz CT molecular complexity index is 855. The average Bonchev–Trinajstić information content (AvgIpc) is 3.09. The normalized spacial score (nSPS) is 11.8. The maximum Gasteiger partial charge on any atom is 0.269 e. The monoisotopic (exact) mass is 408 g/mol. The van der Waals surface area contributed by atoms with Gasteiger partial charge in [-0.1, -0.05) is 0 Å². The summed E-state index contributed by atoms with van der Waals surface area (Å²) in [7, 11) is 1.37. The fraction of sp³-hybridized carbons (Fsp3) is 0.125. The summed E-state index contributed by atoms with van der Waals surface area (Å²) in [5.74, 6) is -0.0672. The van der Waals surface area contributed by atoms with E-state index in [4.69, 9.17) is 14.2 Å². The maximum absolute atomic E-state index is 12.2. The van der Waals surface area contributed by atoms with Gasteiger partial charge in [0.15, 0.2) is 23.0 Å². The van der Waals surface area contributed by atoms with Crippen molar-refractivity contribution in [2.45, 2.75) is 0 Å². The number of benzene rings is 2. The van der Waals surface area contributed by atoms with Crippen molar-refractivity contribution in [1.82, 2.24) is 10.9 Å². The number of aromatic hydroxyl groups is 1. The summed E-state index contributed by atoms with van der Waals surface area (Å²) in [6.45, 7) is 0.106. The van der Waals surface area contributed by atoms with Crippen molar-refractivity contribution in [3.63, 3.8) is 0 Å². The predicted octanol–water partition coefficient (Wildman–Crippen LogP) is 1.97. The number of carbonyl (C=O) groups excluding carboxylic acids is 2. The van der Waals surface area contributed by atoms with Crippen LogP contribution in [0.2, 0.25) is 0 Å². The lowest BCUT2D eigenvalue weighted by molar-refractivity contribution is 0.0846. The van der Waals surface area contributed by atoms with Crippen LogP contribution in [0, 0.1) is 0 Å². The summed E-state index contributed by atoms with van der Waals surface area (Å²) in [4.78, 5) is 24.3. The number of hydrogen-bond donors (Lipinski definition) is 3. The van der Waals surface area contributed by atoms with E-state index in [2.05, 4.69) is 26.8 Å². The lowest BCUT2D eigenvalue weighted by Gasteiger charge is -2.10. The Kier molecular flexibility index (Phi) is 4.66. The Morgan fingerprint density at radius 1 is 1.08 bits per heavy atom. The number of rotatable bonds is 3. The van der Waals surface area contributed by atoms with Crippen LogP contribution in [0.4, 0.5) is 0 Å². The number of fused-ring (bicyclic) bond motifs is 1. The first kappa shape index (κ1) is 16.9. The van der Waals surface area contributed by atoms with E-state index in [0.717, 1.165) is 0 Å². The van der Waals surface area contributed by atoms with Crippen LogP contribution < -0.4 is 25.1 Å². The number of phenolic OH excluding ortho intramolecular Hbond substituents is 1. The third kappa shape index (κ3) is 3.45. The fourth-order valence-corrected chi connectivity index (χ4v) is 2.60. The Balaban J connectivity index is 1.68. The van der Waals surface area contributed by atoms with E-state index in [1.807, 2.05) is 0 Å². The molecular formula is C16H13BrN2O6. The highest BCUT2D eigenvalue weighted by molar-refractivity contribution is 9.10. The SMILES string of the molecule is COc1cc(C(=O)NNC(=O)c2ccc3c(c2)OCO3)cc(Br)c1O. The van der Waals surface area contributed by atoms with Crippen molar-refractivity contribution in [1.29, 1.82) is 0 Å². The van der Waals surface area contributed by atoms with Gasteiger partial charge in [0.2, 0.25) is 6.79 Å². The van der Waals surface area contributed by atoms with E-state index in [0.29, 0.717) is 21.5 Å². The van der Waals surface area contributed by atoms with Gasteiger partial charge in [-0.05, 0) is 46.3 Å². The first-order chi connectivity index (χ1) is 12.0. The van der Waals surface area contributed by atoms with Crippen LogP contribution in [0.5, 0.6) is 23.0 Å². The molecule has 9 heteroatoms. The Morgan fingerprint density at radius 3 is 2.48 bits per heavy atom. The second-order valence-electron chi connectivity index (χ2n) is 4.99. The van der Waals surface area contributed by atoms with E-state index >= 15 is 0 Å². The van der Waals surface area contributed by atoms with E-state index < -0.39 is 11.8 Å². The summed E-state index contributed by atoms with van der Waals surface area (Å²) in [6, 6.07) is 7.43. The number of methoxy groups -OCH3 is 1. The molecule has 0 spiro atoms. The van der Waals surface area contributed by atoms with Crippen LogP contribution in [-0.2, 0) is 0 Å². The summed E-state index contributed by atoms with van der Waals surface area (Å²) in [5, 5.41) is 9.75. The first-order valence-corrected chi connectivity index (χ1v) is 7.85. The van der Waals surface area contributed by atoms with Crippen LogP contribution in [-0.4, -0.2) is 30.8 Å². The zero-order valence-corrected chi connectivity index (χ0v) is 14.5. The summed E-state index contributed by atoms with van der Waals surface area (Å²) >= 11 is 3.13. The number of nitrogens with one attached hydrogen (secondary N) is 2. The van der Waals surface area contributed by atoms with Crippen molar-refractivity contribution in [3.8, 4) is 23.0 Å². The number of amides is 2. The molecule has 0 saturated carbocycles. The zero-order chi connectivity index (χ0) is 18.0. The molecule has 0 bridgehead atoms. The second-order valence-corrected chi connectivity index (χ2v) is 5.84. The molecule has 1 aliphatic rings. The minimum atomic E-state index is -0.576. The third-order valence-electron chi connectivity index (χ3n) is 3.43. The van der Waals surface area contributed by atoms with Gasteiger partial charge in [-0.15, -0.1) is 0 Å². The van der Waals surface area contributed by atoms with Gasteiger partial charge >= 0.3 is 0 Å². The minimum absolute atomic E-state index is 0.106. The maximum atomic E-state index is 12.2. The molecule has 2 aromatic rings. The number of phenols is 1. The van der Waals surface area contributed by atoms with E-state index in [9.17, 15) is 14.7 Å². The molecular weight excluding hydrogens is 396 g/mol. The molecule has 0 saturated heterocycles. The lowest BCUT2D eigenvalue weighted by Crippen LogP contribution is -2.41. The van der Waals surface area contributed by atoms with Gasteiger partial charge in [-0.25, -0.2) is 0 Å². The Hall–Kier alpha value is -2.94. The topological polar surface area (TPSA) is 106 Å². The molecule has 0 fully saturated rings. The van der Waals surface area contributed by atoms with E-state index in [1.54, 1.807) is 12.1 Å². The van der Waals surface area contributed by atoms with Gasteiger partial charge < -0.3 is 19.3 Å². The largest absolute Gasteiger partial charge is 0.503 e. The van der Waals surface area contributed by atoms with Gasteiger partial charge in [-0.2, -0.15) is 0 Å². The molecule has 25 heavy (non-hydrogen) atoms. The number of hydrogen-bond acceptors (Lipinski definition) is 6. The van der Waals surface area contributed by atoms with Crippen molar-refractivity contribution >= 4 is 27.7 Å². The predicted molar refractivity (Wildman–Crippen MR) is 89.9 cm³/mol. The van der Waals surface area contributed by atoms with Gasteiger partial charge in [0.25, 0.3) is 11.8 Å². The summed E-state index contributed by atoms with van der Waals surface area (Å²) < 4.78 is 15.6. The van der Waals surface area contributed by atoms with Crippen LogP contribution in [0.25, 0.3) is 0 Å². The van der Waals surface area contributed by atoms with Crippen molar-refractivity contribution in [2.24, 2.45) is 0 Å². The van der Waals surface area contributed by atoms with Gasteiger partial charge in [0.1, 0.15) is 0 Å². The quantitative estimate of drug-likeness (QED) is 0.670. The van der Waals surface area contributed by atoms with Crippen molar-refractivity contribution in [3.05, 3.63) is 45.9 Å². The highest BCUT2D eigenvalue weighted by Crippen LogP contribution is 2.35. The minimum Gasteiger partial charge on any atom is -0.503 e. The number of halogens is 1. The number of hydrazine groups is 1. The smallest absolute Gasteiger partial charge is 0.269 e. The van der Waals surface area contributed by atoms with Gasteiger partial charge in [0.05, 0.1) is 11.6 Å². The van der Waals surface area contributed by atoms with Crippen LogP contribution in [0.3, 0.4) is 0 Å². The Morgan fingerprint density at radius 2 is 1.76 bits per heavy atom. The van der Waals surface area contributed by atoms with E-state index in [-0.39, 0.29) is 23.9 Å². The molecule has 3 rings (SSSR count).